The van der Waals surface area contributed by atoms with Crippen LogP contribution in [0.15, 0.2) is 67.0 Å². The van der Waals surface area contributed by atoms with Crippen LogP contribution in [-0.2, 0) is 6.42 Å². The van der Waals surface area contributed by atoms with Crippen LogP contribution in [0.5, 0.6) is 17.5 Å². The summed E-state index contributed by atoms with van der Waals surface area (Å²) in [5, 5.41) is 0. The Hall–Kier alpha value is -3.41. The molecule has 6 heteroatoms. The normalized spacial score (nSPS) is 16.2. The zero-order chi connectivity index (χ0) is 20.8. The highest BCUT2D eigenvalue weighted by molar-refractivity contribution is 5.97. The van der Waals surface area contributed by atoms with Crippen molar-refractivity contribution >= 4 is 5.91 Å². The Balaban J connectivity index is 1.45. The first-order valence-corrected chi connectivity index (χ1v) is 10.3. The summed E-state index contributed by atoms with van der Waals surface area (Å²) in [5.41, 5.74) is 1.61. The molecule has 30 heavy (non-hydrogen) atoms. The molecule has 0 bridgehead atoms. The molecule has 1 unspecified atom stereocenters. The van der Waals surface area contributed by atoms with E-state index in [1.54, 1.807) is 18.5 Å². The fourth-order valence-electron chi connectivity index (χ4n) is 3.47. The summed E-state index contributed by atoms with van der Waals surface area (Å²) in [6, 6.07) is 17.2. The summed E-state index contributed by atoms with van der Waals surface area (Å²) in [4.78, 5) is 23.6. The molecule has 0 aliphatic carbocycles. The summed E-state index contributed by atoms with van der Waals surface area (Å²) in [5.74, 6) is 1.19. The highest BCUT2D eigenvalue weighted by Gasteiger charge is 2.28. The minimum Gasteiger partial charge on any atom is -0.458 e. The van der Waals surface area contributed by atoms with Crippen LogP contribution in [0.2, 0.25) is 0 Å². The van der Waals surface area contributed by atoms with Gasteiger partial charge in [-0.15, -0.1) is 0 Å². The average Bonchev–Trinajstić information content (AvgIpc) is 2.80. The van der Waals surface area contributed by atoms with Crippen LogP contribution in [-0.4, -0.2) is 40.0 Å². The molecule has 3 aromatic rings. The van der Waals surface area contributed by atoms with E-state index in [1.807, 2.05) is 53.4 Å². The molecule has 1 aliphatic heterocycles. The number of hydrogen-bond acceptors (Lipinski definition) is 5. The molecule has 1 fully saturated rings. The molecule has 1 atom stereocenters. The van der Waals surface area contributed by atoms with Gasteiger partial charge in [0.2, 0.25) is 0 Å². The third-order valence-corrected chi connectivity index (χ3v) is 5.12. The van der Waals surface area contributed by atoms with Crippen LogP contribution in [0.3, 0.4) is 0 Å². The van der Waals surface area contributed by atoms with Gasteiger partial charge in [-0.3, -0.25) is 4.79 Å². The van der Waals surface area contributed by atoms with Crippen LogP contribution in [0.25, 0.3) is 0 Å². The summed E-state index contributed by atoms with van der Waals surface area (Å²) < 4.78 is 11.9. The monoisotopic (exact) mass is 403 g/mol. The Morgan fingerprint density at radius 1 is 1.07 bits per heavy atom. The number of ether oxygens (including phenoxy) is 2. The molecular formula is C24H25N3O3. The lowest BCUT2D eigenvalue weighted by atomic mass is 10.1. The number of hydrogen-bond donors (Lipinski definition) is 0. The zero-order valence-electron chi connectivity index (χ0n) is 17.0. The molecule has 0 radical (unpaired) electrons. The van der Waals surface area contributed by atoms with Crippen molar-refractivity contribution in [1.82, 2.24) is 14.9 Å². The quantitative estimate of drug-likeness (QED) is 0.606. The Kier molecular flexibility index (Phi) is 6.23. The third-order valence-electron chi connectivity index (χ3n) is 5.12. The van der Waals surface area contributed by atoms with Crippen molar-refractivity contribution in [3.63, 3.8) is 0 Å². The second kappa shape index (κ2) is 9.39. The Morgan fingerprint density at radius 2 is 1.80 bits per heavy atom. The summed E-state index contributed by atoms with van der Waals surface area (Å²) in [6.07, 6.45) is 6.06. The number of aryl methyl sites for hydroxylation is 1. The average molecular weight is 403 g/mol. The van der Waals surface area contributed by atoms with Gasteiger partial charge in [0.1, 0.15) is 17.6 Å². The van der Waals surface area contributed by atoms with E-state index in [1.165, 1.54) is 0 Å². The lowest BCUT2D eigenvalue weighted by Gasteiger charge is -2.32. The molecular weight excluding hydrogens is 378 g/mol. The number of rotatable bonds is 6. The fourth-order valence-corrected chi connectivity index (χ4v) is 3.47. The molecule has 0 N–H and O–H groups in total. The minimum absolute atomic E-state index is 0.0583. The van der Waals surface area contributed by atoms with Crippen molar-refractivity contribution in [2.75, 3.05) is 13.1 Å². The second-order valence-corrected chi connectivity index (χ2v) is 7.27. The number of aromatic nitrogens is 2. The Bertz CT molecular complexity index is 977. The first-order valence-electron chi connectivity index (χ1n) is 10.3. The van der Waals surface area contributed by atoms with Gasteiger partial charge in [-0.05, 0) is 49.1 Å². The smallest absolute Gasteiger partial charge is 0.316 e. The molecule has 4 rings (SSSR count). The van der Waals surface area contributed by atoms with Gasteiger partial charge in [-0.2, -0.15) is 0 Å². The van der Waals surface area contributed by atoms with Gasteiger partial charge < -0.3 is 14.4 Å². The van der Waals surface area contributed by atoms with E-state index in [0.29, 0.717) is 36.2 Å². The molecule has 1 saturated heterocycles. The number of carbonyl (C=O) groups excluding carboxylic acids is 1. The standard InChI is InChI=1S/C24H25N3O3/c1-2-18-15-25-24(26-16-18)30-20-11-8-14-27(17-20)23(28)21-12-6-7-13-22(21)29-19-9-4-3-5-10-19/h3-7,9-10,12-13,15-16,20H,2,8,11,14,17H2,1H3. The number of nitrogens with zero attached hydrogens (tertiary/aromatic N) is 3. The maximum atomic E-state index is 13.3. The van der Waals surface area contributed by atoms with E-state index in [2.05, 4.69) is 16.9 Å². The lowest BCUT2D eigenvalue weighted by Crippen LogP contribution is -2.44. The van der Waals surface area contributed by atoms with Crippen LogP contribution in [0.4, 0.5) is 0 Å². The van der Waals surface area contributed by atoms with Crippen LogP contribution < -0.4 is 9.47 Å². The third kappa shape index (κ3) is 4.76. The fraction of sp³-hybridized carbons (Fsp3) is 0.292. The Labute approximate surface area is 176 Å². The number of carbonyl (C=O) groups is 1. The van der Waals surface area contributed by atoms with Crippen molar-refractivity contribution < 1.29 is 14.3 Å². The zero-order valence-corrected chi connectivity index (χ0v) is 17.0. The van der Waals surface area contributed by atoms with Crippen LogP contribution >= 0.6 is 0 Å². The van der Waals surface area contributed by atoms with Crippen LogP contribution in [0.1, 0.15) is 35.7 Å². The summed E-state index contributed by atoms with van der Waals surface area (Å²) >= 11 is 0. The lowest BCUT2D eigenvalue weighted by molar-refractivity contribution is 0.0513. The van der Waals surface area contributed by atoms with E-state index in [0.717, 1.165) is 24.8 Å². The number of piperidine rings is 1. The molecule has 0 spiro atoms. The van der Waals surface area contributed by atoms with Gasteiger partial charge in [-0.1, -0.05) is 37.3 Å². The van der Waals surface area contributed by atoms with Gasteiger partial charge in [0.15, 0.2) is 0 Å². The van der Waals surface area contributed by atoms with E-state index in [9.17, 15) is 4.79 Å². The first kappa shape index (κ1) is 19.9. The van der Waals surface area contributed by atoms with Crippen molar-refractivity contribution in [2.24, 2.45) is 0 Å². The van der Waals surface area contributed by atoms with Gasteiger partial charge in [0.05, 0.1) is 12.1 Å². The van der Waals surface area contributed by atoms with E-state index in [-0.39, 0.29) is 12.0 Å². The second-order valence-electron chi connectivity index (χ2n) is 7.27. The van der Waals surface area contributed by atoms with E-state index in [4.69, 9.17) is 9.47 Å². The maximum Gasteiger partial charge on any atom is 0.316 e. The van der Waals surface area contributed by atoms with Crippen LogP contribution in [0, 0.1) is 0 Å². The summed E-state index contributed by atoms with van der Waals surface area (Å²) in [7, 11) is 0. The number of likely N-dealkylation sites (tertiary alicyclic amines) is 1. The molecule has 1 aliphatic rings. The molecule has 1 aromatic heterocycles. The highest BCUT2D eigenvalue weighted by atomic mass is 16.5. The Morgan fingerprint density at radius 3 is 2.57 bits per heavy atom. The molecule has 2 aromatic carbocycles. The number of amides is 1. The largest absolute Gasteiger partial charge is 0.458 e. The van der Waals surface area contributed by atoms with Crippen molar-refractivity contribution in [3.8, 4) is 17.5 Å². The molecule has 0 saturated carbocycles. The molecule has 2 heterocycles. The van der Waals surface area contributed by atoms with Crippen molar-refractivity contribution in [3.05, 3.63) is 78.1 Å². The predicted molar refractivity (Wildman–Crippen MR) is 114 cm³/mol. The number of para-hydroxylation sites is 2. The van der Waals surface area contributed by atoms with Gasteiger partial charge in [0, 0.05) is 18.9 Å². The summed E-state index contributed by atoms with van der Waals surface area (Å²) in [6.45, 7) is 3.24. The van der Waals surface area contributed by atoms with Crippen molar-refractivity contribution in [2.45, 2.75) is 32.3 Å². The molecule has 1 amide bonds. The number of benzene rings is 2. The van der Waals surface area contributed by atoms with Gasteiger partial charge >= 0.3 is 6.01 Å². The SMILES string of the molecule is CCc1cnc(OC2CCCN(C(=O)c3ccccc3Oc3ccccc3)C2)nc1. The topological polar surface area (TPSA) is 64.5 Å². The predicted octanol–water partition coefficient (Wildman–Crippen LogP) is 4.51. The highest BCUT2D eigenvalue weighted by Crippen LogP contribution is 2.27. The van der Waals surface area contributed by atoms with Crippen molar-refractivity contribution in [1.29, 1.82) is 0 Å². The van der Waals surface area contributed by atoms with E-state index >= 15 is 0 Å². The molecule has 154 valence electrons. The first-order chi connectivity index (χ1) is 14.7. The minimum atomic E-state index is -0.127. The van der Waals surface area contributed by atoms with E-state index < -0.39 is 0 Å². The van der Waals surface area contributed by atoms with Gasteiger partial charge in [-0.25, -0.2) is 9.97 Å². The molecule has 6 nitrogen and oxygen atoms in total. The maximum absolute atomic E-state index is 13.3. The van der Waals surface area contributed by atoms with Gasteiger partial charge in [0.25, 0.3) is 5.91 Å².